The van der Waals surface area contributed by atoms with Crippen molar-refractivity contribution in [1.82, 2.24) is 5.32 Å². The van der Waals surface area contributed by atoms with Crippen LogP contribution in [0.15, 0.2) is 48.5 Å². The van der Waals surface area contributed by atoms with Crippen LogP contribution in [0.5, 0.6) is 11.5 Å². The number of ether oxygens (including phenoxy) is 2. The van der Waals surface area contributed by atoms with Crippen LogP contribution in [0.3, 0.4) is 0 Å². The maximum absolute atomic E-state index is 13.5. The Labute approximate surface area is 150 Å². The molecule has 2 aromatic rings. The summed E-state index contributed by atoms with van der Waals surface area (Å²) in [5.41, 5.74) is -0.616. The van der Waals surface area contributed by atoms with E-state index < -0.39 is 29.8 Å². The van der Waals surface area contributed by atoms with Gasteiger partial charge in [-0.3, -0.25) is 9.59 Å². The fourth-order valence-electron chi connectivity index (χ4n) is 2.54. The molecule has 2 N–H and O–H groups in total. The van der Waals surface area contributed by atoms with Gasteiger partial charge in [-0.1, -0.05) is 24.3 Å². The minimum Gasteiger partial charge on any atom is -0.497 e. The number of carbonyl (C=O) groups is 2. The quantitative estimate of drug-likeness (QED) is 0.755. The second-order valence-electron chi connectivity index (χ2n) is 5.90. The molecule has 1 amide bonds. The minimum absolute atomic E-state index is 0.0519. The fraction of sp³-hybridized carbons (Fsp3) is 0.263. The van der Waals surface area contributed by atoms with Gasteiger partial charge in [-0.25, -0.2) is 4.39 Å². The van der Waals surface area contributed by atoms with Gasteiger partial charge in [0.15, 0.2) is 18.2 Å². The number of carboxylic acid groups (broad SMARTS) is 1. The van der Waals surface area contributed by atoms with Crippen LogP contribution < -0.4 is 14.8 Å². The van der Waals surface area contributed by atoms with E-state index in [0.29, 0.717) is 11.3 Å². The first-order valence-corrected chi connectivity index (χ1v) is 7.89. The predicted molar refractivity (Wildman–Crippen MR) is 92.6 cm³/mol. The van der Waals surface area contributed by atoms with E-state index in [1.54, 1.807) is 37.3 Å². The molecular formula is C19H20FNO5. The van der Waals surface area contributed by atoms with Gasteiger partial charge in [-0.05, 0) is 36.8 Å². The molecule has 1 atom stereocenters. The molecule has 26 heavy (non-hydrogen) atoms. The van der Waals surface area contributed by atoms with E-state index in [9.17, 15) is 19.1 Å². The number of para-hydroxylation sites is 1. The van der Waals surface area contributed by atoms with Gasteiger partial charge < -0.3 is 19.9 Å². The lowest BCUT2D eigenvalue weighted by Crippen LogP contribution is -2.46. The monoisotopic (exact) mass is 361 g/mol. The zero-order valence-corrected chi connectivity index (χ0v) is 14.5. The summed E-state index contributed by atoms with van der Waals surface area (Å²) in [6.45, 7) is 1.15. The molecule has 0 aromatic heterocycles. The molecule has 7 heteroatoms. The maximum atomic E-state index is 13.5. The first-order valence-electron chi connectivity index (χ1n) is 7.89. The normalized spacial score (nSPS) is 12.7. The highest BCUT2D eigenvalue weighted by atomic mass is 19.1. The van der Waals surface area contributed by atoms with Crippen LogP contribution in [-0.4, -0.2) is 30.7 Å². The Balaban J connectivity index is 2.14. The number of hydrogen-bond acceptors (Lipinski definition) is 4. The molecule has 0 aliphatic heterocycles. The third-order valence-corrected chi connectivity index (χ3v) is 3.82. The average Bonchev–Trinajstić information content (AvgIpc) is 2.60. The van der Waals surface area contributed by atoms with Gasteiger partial charge in [0.2, 0.25) is 0 Å². The molecule has 1 unspecified atom stereocenters. The van der Waals surface area contributed by atoms with E-state index in [0.717, 1.165) is 0 Å². The summed E-state index contributed by atoms with van der Waals surface area (Å²) in [5, 5.41) is 11.9. The van der Waals surface area contributed by atoms with Gasteiger partial charge in [-0.15, -0.1) is 0 Å². The van der Waals surface area contributed by atoms with Crippen molar-refractivity contribution >= 4 is 11.9 Å². The van der Waals surface area contributed by atoms with Gasteiger partial charge in [0, 0.05) is 0 Å². The molecule has 0 heterocycles. The summed E-state index contributed by atoms with van der Waals surface area (Å²) in [6, 6.07) is 12.5. The molecule has 0 aliphatic carbocycles. The second kappa shape index (κ2) is 8.33. The molecule has 0 bridgehead atoms. The fourth-order valence-corrected chi connectivity index (χ4v) is 2.54. The van der Waals surface area contributed by atoms with Gasteiger partial charge >= 0.3 is 5.97 Å². The number of amides is 1. The zero-order valence-electron chi connectivity index (χ0n) is 14.5. The Morgan fingerprint density at radius 1 is 1.19 bits per heavy atom. The molecule has 6 nitrogen and oxygen atoms in total. The number of carboxylic acids is 1. The largest absolute Gasteiger partial charge is 0.497 e. The topological polar surface area (TPSA) is 84.9 Å². The van der Waals surface area contributed by atoms with E-state index >= 15 is 0 Å². The van der Waals surface area contributed by atoms with E-state index in [2.05, 4.69) is 5.32 Å². The number of hydrogen-bond donors (Lipinski definition) is 2. The van der Waals surface area contributed by atoms with Crippen LogP contribution >= 0.6 is 0 Å². The van der Waals surface area contributed by atoms with E-state index in [1.165, 1.54) is 25.3 Å². The number of benzene rings is 2. The van der Waals surface area contributed by atoms with Crippen LogP contribution in [-0.2, 0) is 15.1 Å². The highest BCUT2D eigenvalue weighted by Crippen LogP contribution is 2.28. The Kier molecular flexibility index (Phi) is 6.16. The Morgan fingerprint density at radius 3 is 2.58 bits per heavy atom. The minimum atomic E-state index is -1.18. The number of rotatable bonds is 8. The van der Waals surface area contributed by atoms with Crippen LogP contribution in [0.2, 0.25) is 0 Å². The number of methoxy groups -OCH3 is 1. The predicted octanol–water partition coefficient (Wildman–Crippen LogP) is 2.72. The van der Waals surface area contributed by atoms with Crippen molar-refractivity contribution in [3.05, 3.63) is 59.9 Å². The summed E-state index contributed by atoms with van der Waals surface area (Å²) in [5.74, 6) is -1.74. The van der Waals surface area contributed by atoms with Gasteiger partial charge in [0.25, 0.3) is 5.91 Å². The van der Waals surface area contributed by atoms with Crippen LogP contribution in [0.4, 0.5) is 4.39 Å². The van der Waals surface area contributed by atoms with E-state index in [-0.39, 0.29) is 12.2 Å². The SMILES string of the molecule is COc1cccc(C(C)(CC(=O)O)NC(=O)COc2ccccc2F)c1. The summed E-state index contributed by atoms with van der Waals surface area (Å²) < 4.78 is 23.9. The molecule has 0 radical (unpaired) electrons. The lowest BCUT2D eigenvalue weighted by atomic mass is 9.88. The van der Waals surface area contributed by atoms with Crippen molar-refractivity contribution in [3.63, 3.8) is 0 Å². The summed E-state index contributed by atoms with van der Waals surface area (Å²) in [7, 11) is 1.49. The smallest absolute Gasteiger partial charge is 0.306 e. The van der Waals surface area contributed by atoms with Crippen LogP contribution in [0.25, 0.3) is 0 Å². The number of halogens is 1. The van der Waals surface area contributed by atoms with Crippen LogP contribution in [0.1, 0.15) is 18.9 Å². The lowest BCUT2D eigenvalue weighted by Gasteiger charge is -2.30. The van der Waals surface area contributed by atoms with Crippen molar-refractivity contribution in [3.8, 4) is 11.5 Å². The average molecular weight is 361 g/mol. The van der Waals surface area contributed by atoms with Crippen molar-refractivity contribution in [2.45, 2.75) is 18.9 Å². The molecule has 0 fully saturated rings. The number of aliphatic carboxylic acids is 1. The standard InChI is InChI=1S/C19H20FNO5/c1-19(11-18(23)24,13-6-5-7-14(10-13)25-2)21-17(22)12-26-16-9-4-3-8-15(16)20/h3-10H,11-12H2,1-2H3,(H,21,22)(H,23,24). The first kappa shape index (κ1) is 19.2. The first-order chi connectivity index (χ1) is 12.3. The number of carbonyl (C=O) groups excluding carboxylic acids is 1. The second-order valence-corrected chi connectivity index (χ2v) is 5.90. The summed E-state index contributed by atoms with van der Waals surface area (Å²) >= 11 is 0. The molecule has 0 spiro atoms. The Bertz CT molecular complexity index is 795. The van der Waals surface area contributed by atoms with E-state index in [1.807, 2.05) is 0 Å². The molecule has 0 saturated carbocycles. The Morgan fingerprint density at radius 2 is 1.92 bits per heavy atom. The molecule has 0 aliphatic rings. The summed E-state index contributed by atoms with van der Waals surface area (Å²) in [4.78, 5) is 23.6. The molecule has 138 valence electrons. The molecule has 0 saturated heterocycles. The van der Waals surface area contributed by atoms with Gasteiger partial charge in [0.05, 0.1) is 19.1 Å². The van der Waals surface area contributed by atoms with Crippen molar-refractivity contribution in [2.75, 3.05) is 13.7 Å². The van der Waals surface area contributed by atoms with Crippen molar-refractivity contribution in [1.29, 1.82) is 0 Å². The van der Waals surface area contributed by atoms with E-state index in [4.69, 9.17) is 9.47 Å². The third-order valence-electron chi connectivity index (χ3n) is 3.82. The zero-order chi connectivity index (χ0) is 19.2. The summed E-state index contributed by atoms with van der Waals surface area (Å²) in [6.07, 6.45) is -0.342. The highest BCUT2D eigenvalue weighted by molar-refractivity contribution is 5.80. The lowest BCUT2D eigenvalue weighted by molar-refractivity contribution is -0.139. The van der Waals surface area contributed by atoms with Crippen LogP contribution in [0, 0.1) is 5.82 Å². The molecular weight excluding hydrogens is 341 g/mol. The maximum Gasteiger partial charge on any atom is 0.306 e. The van der Waals surface area contributed by atoms with Gasteiger partial charge in [-0.2, -0.15) is 0 Å². The number of nitrogens with one attached hydrogen (secondary N) is 1. The van der Waals surface area contributed by atoms with Gasteiger partial charge in [0.1, 0.15) is 5.75 Å². The Hall–Kier alpha value is -3.09. The van der Waals surface area contributed by atoms with Crippen molar-refractivity contribution < 1.29 is 28.6 Å². The molecule has 2 rings (SSSR count). The van der Waals surface area contributed by atoms with Crippen molar-refractivity contribution in [2.24, 2.45) is 0 Å². The molecule has 2 aromatic carbocycles. The highest BCUT2D eigenvalue weighted by Gasteiger charge is 2.32. The third kappa shape index (κ3) is 4.95.